The molecular formula is C13H17F2NO. The van der Waals surface area contributed by atoms with Gasteiger partial charge in [0.05, 0.1) is 0 Å². The number of hydrogen-bond acceptors (Lipinski definition) is 2. The molecule has 0 radical (unpaired) electrons. The third-order valence-corrected chi connectivity index (χ3v) is 2.12. The Kier molecular flexibility index (Phi) is 6.25. The van der Waals surface area contributed by atoms with E-state index in [1.165, 1.54) is 6.07 Å². The minimum absolute atomic E-state index is 0.203. The predicted molar refractivity (Wildman–Crippen MR) is 65.3 cm³/mol. The van der Waals surface area contributed by atoms with Gasteiger partial charge in [0, 0.05) is 12.1 Å². The normalized spacial score (nSPS) is 11.3. The number of ether oxygens (including phenoxy) is 1. The first-order valence-corrected chi connectivity index (χ1v) is 5.65. The average molecular weight is 241 g/mol. The Hall–Kier alpha value is -1.42. The molecule has 1 aromatic carbocycles. The molecule has 2 nitrogen and oxygen atoms in total. The molecule has 0 saturated heterocycles. The smallest absolute Gasteiger partial charge is 0.387 e. The van der Waals surface area contributed by atoms with Crippen molar-refractivity contribution in [2.24, 2.45) is 0 Å². The average Bonchev–Trinajstić information content (AvgIpc) is 2.30. The predicted octanol–water partition coefficient (Wildman–Crippen LogP) is 3.30. The molecule has 0 atom stereocenters. The number of nitrogens with one attached hydrogen (secondary N) is 1. The Balaban J connectivity index is 2.56. The molecule has 0 aromatic heterocycles. The first kappa shape index (κ1) is 13.6. The monoisotopic (exact) mass is 241 g/mol. The second-order valence-electron chi connectivity index (χ2n) is 3.52. The van der Waals surface area contributed by atoms with Gasteiger partial charge in [0.15, 0.2) is 0 Å². The van der Waals surface area contributed by atoms with Crippen molar-refractivity contribution in [1.29, 1.82) is 0 Å². The summed E-state index contributed by atoms with van der Waals surface area (Å²) in [6.45, 7) is 0.960. The van der Waals surface area contributed by atoms with Crippen molar-refractivity contribution < 1.29 is 13.5 Å². The van der Waals surface area contributed by atoms with Crippen LogP contribution in [0.4, 0.5) is 8.78 Å². The van der Waals surface area contributed by atoms with E-state index in [9.17, 15) is 8.78 Å². The Bertz CT molecular complexity index is 353. The molecule has 0 saturated carbocycles. The lowest BCUT2D eigenvalue weighted by atomic mass is 10.2. The fourth-order valence-corrected chi connectivity index (χ4v) is 1.37. The third-order valence-electron chi connectivity index (χ3n) is 2.12. The van der Waals surface area contributed by atoms with E-state index in [4.69, 9.17) is 0 Å². The molecule has 0 aliphatic heterocycles. The van der Waals surface area contributed by atoms with E-state index in [1.807, 2.05) is 6.08 Å². The van der Waals surface area contributed by atoms with Gasteiger partial charge in [-0.25, -0.2) is 0 Å². The van der Waals surface area contributed by atoms with Gasteiger partial charge >= 0.3 is 6.61 Å². The van der Waals surface area contributed by atoms with Gasteiger partial charge in [0.1, 0.15) is 5.75 Å². The van der Waals surface area contributed by atoms with Crippen molar-refractivity contribution in [1.82, 2.24) is 5.32 Å². The summed E-state index contributed by atoms with van der Waals surface area (Å²) in [6.07, 6.45) is 4.74. The molecule has 0 aliphatic carbocycles. The molecule has 0 heterocycles. The van der Waals surface area contributed by atoms with Gasteiger partial charge in [-0.3, -0.25) is 0 Å². The Morgan fingerprint density at radius 3 is 2.82 bits per heavy atom. The van der Waals surface area contributed by atoms with Crippen LogP contribution in [-0.4, -0.2) is 19.7 Å². The van der Waals surface area contributed by atoms with E-state index in [2.05, 4.69) is 17.0 Å². The molecule has 0 amide bonds. The van der Waals surface area contributed by atoms with Crippen molar-refractivity contribution in [3.8, 4) is 5.75 Å². The zero-order chi connectivity index (χ0) is 12.5. The van der Waals surface area contributed by atoms with E-state index < -0.39 is 6.61 Å². The van der Waals surface area contributed by atoms with Gasteiger partial charge in [-0.05, 0) is 19.0 Å². The van der Waals surface area contributed by atoms with Crippen molar-refractivity contribution in [2.45, 2.75) is 20.0 Å². The van der Waals surface area contributed by atoms with Gasteiger partial charge in [-0.2, -0.15) is 8.78 Å². The first-order valence-electron chi connectivity index (χ1n) is 5.65. The number of hydrogen-bond donors (Lipinski definition) is 1. The lowest BCUT2D eigenvalue weighted by Crippen LogP contribution is -2.13. The summed E-state index contributed by atoms with van der Waals surface area (Å²) in [5.74, 6) is 0.203. The highest BCUT2D eigenvalue weighted by molar-refractivity contribution is 5.57. The van der Waals surface area contributed by atoms with Crippen LogP contribution in [0.5, 0.6) is 5.75 Å². The molecule has 0 bridgehead atoms. The summed E-state index contributed by atoms with van der Waals surface area (Å²) in [5.41, 5.74) is 0.658. The second kappa shape index (κ2) is 7.79. The van der Waals surface area contributed by atoms with Crippen LogP contribution in [0.2, 0.25) is 0 Å². The van der Waals surface area contributed by atoms with Crippen molar-refractivity contribution in [3.63, 3.8) is 0 Å². The van der Waals surface area contributed by atoms with Crippen LogP contribution in [0.25, 0.3) is 6.08 Å². The van der Waals surface area contributed by atoms with Gasteiger partial charge in [-0.1, -0.05) is 37.3 Å². The number of halogens is 2. The lowest BCUT2D eigenvalue weighted by Gasteiger charge is -2.07. The van der Waals surface area contributed by atoms with Crippen molar-refractivity contribution in [3.05, 3.63) is 35.9 Å². The summed E-state index contributed by atoms with van der Waals surface area (Å²) in [7, 11) is 0. The summed E-state index contributed by atoms with van der Waals surface area (Å²) in [6, 6.07) is 6.74. The largest absolute Gasteiger partial charge is 0.434 e. The minimum atomic E-state index is -2.79. The second-order valence-corrected chi connectivity index (χ2v) is 3.52. The van der Waals surface area contributed by atoms with Crippen LogP contribution in [-0.2, 0) is 0 Å². The number of benzene rings is 1. The van der Waals surface area contributed by atoms with E-state index in [-0.39, 0.29) is 5.75 Å². The van der Waals surface area contributed by atoms with Gasteiger partial charge in [-0.15, -0.1) is 0 Å². The van der Waals surface area contributed by atoms with Gasteiger partial charge in [0.2, 0.25) is 0 Å². The van der Waals surface area contributed by atoms with E-state index in [0.29, 0.717) is 5.56 Å². The molecular weight excluding hydrogens is 224 g/mol. The minimum Gasteiger partial charge on any atom is -0.434 e. The molecule has 1 N–H and O–H groups in total. The quantitative estimate of drug-likeness (QED) is 0.739. The van der Waals surface area contributed by atoms with Crippen molar-refractivity contribution >= 4 is 6.08 Å². The molecule has 0 fully saturated rings. The van der Waals surface area contributed by atoms with Gasteiger partial charge < -0.3 is 10.1 Å². The van der Waals surface area contributed by atoms with Crippen molar-refractivity contribution in [2.75, 3.05) is 13.1 Å². The lowest BCUT2D eigenvalue weighted by molar-refractivity contribution is -0.0499. The summed E-state index contributed by atoms with van der Waals surface area (Å²) in [4.78, 5) is 0. The van der Waals surface area contributed by atoms with Gasteiger partial charge in [0.25, 0.3) is 0 Å². The first-order chi connectivity index (χ1) is 8.24. The molecule has 1 aromatic rings. The fraction of sp³-hybridized carbons (Fsp3) is 0.385. The molecule has 0 unspecified atom stereocenters. The summed E-state index contributed by atoms with van der Waals surface area (Å²) >= 11 is 0. The summed E-state index contributed by atoms with van der Waals surface area (Å²) < 4.78 is 28.7. The van der Waals surface area contributed by atoms with Crippen LogP contribution < -0.4 is 10.1 Å². The Morgan fingerprint density at radius 1 is 1.35 bits per heavy atom. The standard InChI is InChI=1S/C13H17F2NO/c1-2-9-16-10-5-7-11-6-3-4-8-12(11)17-13(14)15/h3-8,13,16H,2,9-10H2,1H3. The van der Waals surface area contributed by atoms with Crippen LogP contribution in [0.3, 0.4) is 0 Å². The molecule has 0 aliphatic rings. The van der Waals surface area contributed by atoms with E-state index >= 15 is 0 Å². The van der Waals surface area contributed by atoms with Crippen LogP contribution in [0, 0.1) is 0 Å². The van der Waals surface area contributed by atoms with Crippen LogP contribution in [0.1, 0.15) is 18.9 Å². The highest BCUT2D eigenvalue weighted by Gasteiger charge is 2.06. The highest BCUT2D eigenvalue weighted by atomic mass is 19.3. The number of alkyl halides is 2. The topological polar surface area (TPSA) is 21.3 Å². The van der Waals surface area contributed by atoms with E-state index in [0.717, 1.165) is 19.5 Å². The van der Waals surface area contributed by atoms with E-state index in [1.54, 1.807) is 24.3 Å². The Morgan fingerprint density at radius 2 is 2.12 bits per heavy atom. The Labute approximate surface area is 100 Å². The molecule has 94 valence electrons. The number of rotatable bonds is 7. The number of para-hydroxylation sites is 1. The maximum absolute atomic E-state index is 12.1. The highest BCUT2D eigenvalue weighted by Crippen LogP contribution is 2.21. The van der Waals surface area contributed by atoms with Crippen LogP contribution >= 0.6 is 0 Å². The third kappa shape index (κ3) is 5.45. The molecule has 1 rings (SSSR count). The SMILES string of the molecule is CCCNCC=Cc1ccccc1OC(F)F. The molecule has 17 heavy (non-hydrogen) atoms. The maximum atomic E-state index is 12.1. The molecule has 4 heteroatoms. The summed E-state index contributed by atoms with van der Waals surface area (Å²) in [5, 5.41) is 3.19. The molecule has 0 spiro atoms. The zero-order valence-corrected chi connectivity index (χ0v) is 9.83. The van der Waals surface area contributed by atoms with Crippen LogP contribution in [0.15, 0.2) is 30.3 Å². The fourth-order valence-electron chi connectivity index (χ4n) is 1.37. The zero-order valence-electron chi connectivity index (χ0n) is 9.83. The maximum Gasteiger partial charge on any atom is 0.387 e.